The Morgan fingerprint density at radius 1 is 1.19 bits per heavy atom. The fourth-order valence-corrected chi connectivity index (χ4v) is 2.58. The van der Waals surface area contributed by atoms with Gasteiger partial charge in [0.1, 0.15) is 0 Å². The van der Waals surface area contributed by atoms with E-state index >= 15 is 0 Å². The summed E-state index contributed by atoms with van der Waals surface area (Å²) in [4.78, 5) is 17.2. The number of anilines is 2. The number of nitrogens with zero attached hydrogens (tertiary/aromatic N) is 5. The first kappa shape index (κ1) is 16.2. The summed E-state index contributed by atoms with van der Waals surface area (Å²) in [6.07, 6.45) is 1.08. The van der Waals surface area contributed by atoms with E-state index in [9.17, 15) is 0 Å². The molecule has 0 spiro atoms. The van der Waals surface area contributed by atoms with Gasteiger partial charge in [-0.15, -0.1) is 0 Å². The number of hydrogen-bond donors (Lipinski definition) is 0. The van der Waals surface area contributed by atoms with Crippen LogP contribution in [-0.4, -0.2) is 54.3 Å². The van der Waals surface area contributed by atoms with Crippen LogP contribution in [0.3, 0.4) is 0 Å². The molecule has 0 amide bonds. The lowest BCUT2D eigenvalue weighted by Crippen LogP contribution is -2.38. The maximum atomic E-state index is 6.08. The van der Waals surface area contributed by atoms with E-state index < -0.39 is 0 Å². The Hall–Kier alpha value is -1.14. The predicted molar refractivity (Wildman–Crippen MR) is 85.2 cm³/mol. The third-order valence-corrected chi connectivity index (χ3v) is 3.84. The Bertz CT molecular complexity index is 465. The Balaban J connectivity index is 2.17. The van der Waals surface area contributed by atoms with Gasteiger partial charge in [0.2, 0.25) is 17.2 Å². The van der Waals surface area contributed by atoms with Crippen LogP contribution in [-0.2, 0) is 4.74 Å². The number of aromatic nitrogens is 3. The molecule has 2 rings (SSSR count). The topological polar surface area (TPSA) is 54.4 Å². The molecule has 0 aromatic carbocycles. The van der Waals surface area contributed by atoms with Gasteiger partial charge in [0, 0.05) is 26.2 Å². The minimum Gasteiger partial charge on any atom is -0.378 e. The molecular formula is C14H24ClN5O. The molecule has 1 aromatic rings. The highest BCUT2D eigenvalue weighted by molar-refractivity contribution is 6.28. The third kappa shape index (κ3) is 4.41. The Morgan fingerprint density at radius 3 is 2.48 bits per heavy atom. The molecule has 7 heteroatoms. The zero-order valence-corrected chi connectivity index (χ0v) is 14.0. The van der Waals surface area contributed by atoms with Crippen LogP contribution in [0.5, 0.6) is 0 Å². The van der Waals surface area contributed by atoms with Gasteiger partial charge in [0.05, 0.1) is 13.2 Å². The van der Waals surface area contributed by atoms with E-state index in [1.54, 1.807) is 0 Å². The second-order valence-corrected chi connectivity index (χ2v) is 6.23. The first-order chi connectivity index (χ1) is 9.97. The van der Waals surface area contributed by atoms with Gasteiger partial charge < -0.3 is 14.5 Å². The third-order valence-electron chi connectivity index (χ3n) is 3.67. The van der Waals surface area contributed by atoms with Gasteiger partial charge in [-0.1, -0.05) is 13.8 Å². The molecule has 0 N–H and O–H groups in total. The molecule has 1 aliphatic rings. The number of halogens is 1. The van der Waals surface area contributed by atoms with E-state index in [0.29, 0.717) is 37.1 Å². The molecule has 118 valence electrons. The average molecular weight is 314 g/mol. The second kappa shape index (κ2) is 7.22. The van der Waals surface area contributed by atoms with Crippen molar-refractivity contribution < 1.29 is 4.74 Å². The molecule has 1 aliphatic heterocycles. The Labute approximate surface area is 131 Å². The molecule has 1 atom stereocenters. The number of rotatable bonds is 5. The van der Waals surface area contributed by atoms with Gasteiger partial charge in [0.25, 0.3) is 0 Å². The molecule has 0 saturated carbocycles. The highest BCUT2D eigenvalue weighted by Crippen LogP contribution is 2.20. The lowest BCUT2D eigenvalue weighted by molar-refractivity contribution is 0.122. The quantitative estimate of drug-likeness (QED) is 0.831. The SMILES string of the molecule is CC(C)CC(C)N(C)c1nc(Cl)nc(N2CCOCC2)n1. The van der Waals surface area contributed by atoms with Crippen molar-refractivity contribution in [3.63, 3.8) is 0 Å². The monoisotopic (exact) mass is 313 g/mol. The highest BCUT2D eigenvalue weighted by Gasteiger charge is 2.19. The maximum Gasteiger partial charge on any atom is 0.231 e. The van der Waals surface area contributed by atoms with Crippen LogP contribution in [0.15, 0.2) is 0 Å². The van der Waals surface area contributed by atoms with Crippen molar-refractivity contribution in [3.8, 4) is 0 Å². The lowest BCUT2D eigenvalue weighted by Gasteiger charge is -2.29. The molecule has 1 unspecified atom stereocenters. The highest BCUT2D eigenvalue weighted by atomic mass is 35.5. The Morgan fingerprint density at radius 2 is 1.86 bits per heavy atom. The molecule has 21 heavy (non-hydrogen) atoms. The van der Waals surface area contributed by atoms with E-state index in [1.807, 2.05) is 7.05 Å². The van der Waals surface area contributed by atoms with Crippen LogP contribution < -0.4 is 9.80 Å². The summed E-state index contributed by atoms with van der Waals surface area (Å²) >= 11 is 6.08. The molecule has 1 fully saturated rings. The zero-order valence-electron chi connectivity index (χ0n) is 13.2. The number of ether oxygens (including phenoxy) is 1. The van der Waals surface area contributed by atoms with E-state index in [-0.39, 0.29) is 5.28 Å². The average Bonchev–Trinajstić information content (AvgIpc) is 2.46. The number of morpholine rings is 1. The van der Waals surface area contributed by atoms with Crippen molar-refractivity contribution in [2.24, 2.45) is 5.92 Å². The first-order valence-electron chi connectivity index (χ1n) is 7.44. The summed E-state index contributed by atoms with van der Waals surface area (Å²) in [6, 6.07) is 0.348. The van der Waals surface area contributed by atoms with Gasteiger partial charge in [0.15, 0.2) is 0 Å². The predicted octanol–water partition coefficient (Wildman–Crippen LogP) is 2.23. The van der Waals surface area contributed by atoms with Crippen LogP contribution in [0.4, 0.5) is 11.9 Å². The smallest absolute Gasteiger partial charge is 0.231 e. The van der Waals surface area contributed by atoms with Crippen molar-refractivity contribution in [3.05, 3.63) is 5.28 Å². The summed E-state index contributed by atoms with van der Waals surface area (Å²) in [7, 11) is 2.00. The summed E-state index contributed by atoms with van der Waals surface area (Å²) in [5.41, 5.74) is 0. The van der Waals surface area contributed by atoms with E-state index in [2.05, 4.69) is 45.5 Å². The van der Waals surface area contributed by atoms with Gasteiger partial charge >= 0.3 is 0 Å². The summed E-state index contributed by atoms with van der Waals surface area (Å²) in [5.74, 6) is 1.89. The summed E-state index contributed by atoms with van der Waals surface area (Å²) in [5, 5.41) is 0.241. The van der Waals surface area contributed by atoms with Gasteiger partial charge in [-0.25, -0.2) is 0 Å². The fraction of sp³-hybridized carbons (Fsp3) is 0.786. The summed E-state index contributed by atoms with van der Waals surface area (Å²) in [6.45, 7) is 9.55. The fourth-order valence-electron chi connectivity index (χ4n) is 2.43. The molecule has 0 radical (unpaired) electrons. The first-order valence-corrected chi connectivity index (χ1v) is 7.82. The van der Waals surface area contributed by atoms with Gasteiger partial charge in [-0.2, -0.15) is 15.0 Å². The maximum absolute atomic E-state index is 6.08. The second-order valence-electron chi connectivity index (χ2n) is 5.89. The van der Waals surface area contributed by atoms with E-state index in [0.717, 1.165) is 19.5 Å². The zero-order chi connectivity index (χ0) is 15.4. The minimum atomic E-state index is 0.241. The van der Waals surface area contributed by atoms with Gasteiger partial charge in [-0.05, 0) is 30.9 Å². The number of hydrogen-bond acceptors (Lipinski definition) is 6. The largest absolute Gasteiger partial charge is 0.378 e. The van der Waals surface area contributed by atoms with Gasteiger partial charge in [-0.3, -0.25) is 0 Å². The standard InChI is InChI=1S/C14H24ClN5O/c1-10(2)9-11(3)19(4)13-16-12(15)17-14(18-13)20-5-7-21-8-6-20/h10-11H,5-9H2,1-4H3. The molecule has 0 aliphatic carbocycles. The molecular weight excluding hydrogens is 290 g/mol. The lowest BCUT2D eigenvalue weighted by atomic mass is 10.0. The van der Waals surface area contributed by atoms with Crippen LogP contribution in [0, 0.1) is 5.92 Å². The molecule has 6 nitrogen and oxygen atoms in total. The van der Waals surface area contributed by atoms with Crippen LogP contribution in [0.1, 0.15) is 27.2 Å². The van der Waals surface area contributed by atoms with Crippen molar-refractivity contribution in [1.29, 1.82) is 0 Å². The van der Waals surface area contributed by atoms with Crippen LogP contribution in [0.2, 0.25) is 5.28 Å². The van der Waals surface area contributed by atoms with Crippen molar-refractivity contribution in [2.75, 3.05) is 43.2 Å². The Kier molecular flexibility index (Phi) is 5.58. The van der Waals surface area contributed by atoms with Crippen LogP contribution >= 0.6 is 11.6 Å². The minimum absolute atomic E-state index is 0.241. The van der Waals surface area contributed by atoms with E-state index in [1.165, 1.54) is 0 Å². The normalized spacial score (nSPS) is 17.1. The van der Waals surface area contributed by atoms with Crippen molar-refractivity contribution in [1.82, 2.24) is 15.0 Å². The molecule has 0 bridgehead atoms. The molecule has 2 heterocycles. The molecule has 1 aromatic heterocycles. The van der Waals surface area contributed by atoms with Crippen LogP contribution in [0.25, 0.3) is 0 Å². The molecule has 1 saturated heterocycles. The van der Waals surface area contributed by atoms with E-state index in [4.69, 9.17) is 16.3 Å². The van der Waals surface area contributed by atoms with Crippen molar-refractivity contribution >= 4 is 23.5 Å². The van der Waals surface area contributed by atoms with Crippen molar-refractivity contribution in [2.45, 2.75) is 33.2 Å². The summed E-state index contributed by atoms with van der Waals surface area (Å²) < 4.78 is 5.35.